The smallest absolute Gasteiger partial charge is 0.294 e. The monoisotopic (exact) mass is 398 g/mol. The van der Waals surface area contributed by atoms with Crippen molar-refractivity contribution in [3.8, 4) is 17.2 Å². The predicted molar refractivity (Wildman–Crippen MR) is 96.6 cm³/mol. The molecule has 2 rings (SSSR count). The molecule has 0 unspecified atom stereocenters. The molecule has 0 aliphatic rings. The quantitative estimate of drug-likeness (QED) is 0.168. The number of phenolic OH excluding ortho intramolecular Hbond substituents is 3. The number of aromatic hydroxyl groups is 3. The SMILES string of the molecule is Cc1ccc(S(=O)(=O)O)cc1.N/C(=N/N=C\c1c(O)cc(O)cc1O)NO. The summed E-state index contributed by atoms with van der Waals surface area (Å²) in [5.74, 6) is -1.37. The molecule has 0 spiro atoms. The molecule has 0 amide bonds. The van der Waals surface area contributed by atoms with Crippen LogP contribution in [-0.2, 0) is 10.1 Å². The van der Waals surface area contributed by atoms with Gasteiger partial charge in [-0.1, -0.05) is 17.7 Å². The van der Waals surface area contributed by atoms with E-state index in [0.29, 0.717) is 0 Å². The highest BCUT2D eigenvalue weighted by atomic mass is 32.2. The second-order valence-corrected chi connectivity index (χ2v) is 6.45. The van der Waals surface area contributed by atoms with Gasteiger partial charge in [0, 0.05) is 12.1 Å². The Morgan fingerprint density at radius 1 is 1.11 bits per heavy atom. The van der Waals surface area contributed by atoms with E-state index < -0.39 is 10.1 Å². The van der Waals surface area contributed by atoms with E-state index in [9.17, 15) is 18.6 Å². The molecule has 11 nitrogen and oxygen atoms in total. The zero-order valence-corrected chi connectivity index (χ0v) is 14.8. The van der Waals surface area contributed by atoms with Gasteiger partial charge >= 0.3 is 0 Å². The lowest BCUT2D eigenvalue weighted by atomic mass is 10.2. The second kappa shape index (κ2) is 9.38. The van der Waals surface area contributed by atoms with Crippen LogP contribution >= 0.6 is 0 Å². The van der Waals surface area contributed by atoms with Crippen LogP contribution in [0.5, 0.6) is 17.2 Å². The van der Waals surface area contributed by atoms with E-state index in [0.717, 1.165) is 23.9 Å². The van der Waals surface area contributed by atoms with E-state index in [1.54, 1.807) is 12.1 Å². The number of nitrogens with two attached hydrogens (primary N) is 1. The Balaban J connectivity index is 0.000000289. The fourth-order valence-corrected chi connectivity index (χ4v) is 2.10. The number of guanidine groups is 1. The molecule has 2 aromatic carbocycles. The summed E-state index contributed by atoms with van der Waals surface area (Å²) in [5, 5.41) is 42.6. The standard InChI is InChI=1S/C8H10N4O4.C7H8O3S/c9-8(12-16)11-10-3-5-6(14)1-4(13)2-7(5)15;1-6-2-4-7(5-3-6)11(8,9)10/h1-3,13-16H,(H3,9,11,12);2-5H,1H3,(H,8,9,10)/b10-3-;. The van der Waals surface area contributed by atoms with E-state index in [4.69, 9.17) is 20.6 Å². The number of hydroxylamine groups is 1. The zero-order chi connectivity index (χ0) is 20.6. The molecular formula is C15H18N4O7S. The van der Waals surface area contributed by atoms with Crippen LogP contribution in [0.4, 0.5) is 0 Å². The molecule has 0 saturated carbocycles. The topological polar surface area (TPSA) is 198 Å². The summed E-state index contributed by atoms with van der Waals surface area (Å²) in [7, 11) is -4.02. The van der Waals surface area contributed by atoms with Crippen LogP contribution in [-0.4, -0.2) is 45.7 Å². The minimum absolute atomic E-state index is 0.0349. The minimum atomic E-state index is -4.02. The summed E-state index contributed by atoms with van der Waals surface area (Å²) >= 11 is 0. The largest absolute Gasteiger partial charge is 0.508 e. The average molecular weight is 398 g/mol. The second-order valence-electron chi connectivity index (χ2n) is 5.03. The van der Waals surface area contributed by atoms with E-state index >= 15 is 0 Å². The third-order valence-electron chi connectivity index (χ3n) is 2.91. The highest BCUT2D eigenvalue weighted by Crippen LogP contribution is 2.30. The Kier molecular flexibility index (Phi) is 7.53. The maximum Gasteiger partial charge on any atom is 0.294 e. The molecule has 0 atom stereocenters. The lowest BCUT2D eigenvalue weighted by Gasteiger charge is -2.02. The highest BCUT2D eigenvalue weighted by molar-refractivity contribution is 7.85. The zero-order valence-electron chi connectivity index (χ0n) is 14.0. The summed E-state index contributed by atoms with van der Waals surface area (Å²) in [6.45, 7) is 1.84. The number of benzene rings is 2. The first-order valence-corrected chi connectivity index (χ1v) is 8.54. The summed E-state index contributed by atoms with van der Waals surface area (Å²) < 4.78 is 29.6. The van der Waals surface area contributed by atoms with Crippen LogP contribution in [0, 0.1) is 6.92 Å². The van der Waals surface area contributed by atoms with Crippen LogP contribution in [0.3, 0.4) is 0 Å². The first kappa shape index (κ1) is 21.7. The van der Waals surface area contributed by atoms with Crippen LogP contribution in [0.1, 0.15) is 11.1 Å². The molecular weight excluding hydrogens is 380 g/mol. The Bertz CT molecular complexity index is 918. The van der Waals surface area contributed by atoms with Crippen molar-refractivity contribution >= 4 is 22.3 Å². The maximum absolute atomic E-state index is 10.5. The van der Waals surface area contributed by atoms with Gasteiger partial charge in [0.2, 0.25) is 5.96 Å². The third-order valence-corrected chi connectivity index (χ3v) is 3.77. The van der Waals surface area contributed by atoms with Gasteiger partial charge in [-0.2, -0.15) is 13.5 Å². The maximum atomic E-state index is 10.5. The third kappa shape index (κ3) is 7.19. The number of phenols is 3. The number of nitrogens with one attached hydrogen (secondary N) is 1. The van der Waals surface area contributed by atoms with Gasteiger partial charge in [0.1, 0.15) is 17.2 Å². The van der Waals surface area contributed by atoms with Gasteiger partial charge in [0.15, 0.2) is 0 Å². The summed E-state index contributed by atoms with van der Waals surface area (Å²) in [6.07, 6.45) is 1.01. The van der Waals surface area contributed by atoms with Gasteiger partial charge in [-0.3, -0.25) is 9.76 Å². The van der Waals surface area contributed by atoms with Crippen LogP contribution in [0.15, 0.2) is 51.5 Å². The fraction of sp³-hybridized carbons (Fsp3) is 0.0667. The van der Waals surface area contributed by atoms with Crippen molar-refractivity contribution in [3.05, 3.63) is 47.5 Å². The summed E-state index contributed by atoms with van der Waals surface area (Å²) in [4.78, 5) is -0.0666. The van der Waals surface area contributed by atoms with E-state index in [2.05, 4.69) is 10.2 Å². The van der Waals surface area contributed by atoms with Crippen LogP contribution in [0.2, 0.25) is 0 Å². The van der Waals surface area contributed by atoms with Crippen molar-refractivity contribution in [2.45, 2.75) is 11.8 Å². The van der Waals surface area contributed by atoms with E-state index in [1.165, 1.54) is 17.6 Å². The predicted octanol–water partition coefficient (Wildman–Crippen LogP) is 0.673. The van der Waals surface area contributed by atoms with Gasteiger partial charge in [-0.15, -0.1) is 5.10 Å². The molecule has 0 heterocycles. The van der Waals surface area contributed by atoms with Crippen molar-refractivity contribution in [1.29, 1.82) is 0 Å². The molecule has 12 heteroatoms. The molecule has 0 saturated heterocycles. The normalized spacial score (nSPS) is 11.7. The Morgan fingerprint density at radius 2 is 1.63 bits per heavy atom. The molecule has 8 N–H and O–H groups in total. The van der Waals surface area contributed by atoms with Crippen LogP contribution < -0.4 is 11.2 Å². The lowest BCUT2D eigenvalue weighted by molar-refractivity contribution is 0.232. The molecule has 27 heavy (non-hydrogen) atoms. The average Bonchev–Trinajstić information content (AvgIpc) is 2.57. The minimum Gasteiger partial charge on any atom is -0.508 e. The first-order valence-electron chi connectivity index (χ1n) is 7.10. The Hall–Kier alpha value is -3.35. The van der Waals surface area contributed by atoms with Crippen LogP contribution in [0.25, 0.3) is 0 Å². The highest BCUT2D eigenvalue weighted by Gasteiger charge is 2.07. The van der Waals surface area contributed by atoms with Gasteiger partial charge < -0.3 is 21.1 Å². The molecule has 2 aromatic rings. The molecule has 0 aliphatic heterocycles. The molecule has 0 aliphatic carbocycles. The van der Waals surface area contributed by atoms with Crippen molar-refractivity contribution in [3.63, 3.8) is 0 Å². The number of nitrogens with zero attached hydrogens (tertiary/aromatic N) is 2. The Labute approximate surface area is 154 Å². The molecule has 0 radical (unpaired) electrons. The van der Waals surface area contributed by atoms with Gasteiger partial charge in [-0.25, -0.2) is 5.48 Å². The summed E-state index contributed by atoms with van der Waals surface area (Å²) in [6, 6.07) is 8.04. The van der Waals surface area contributed by atoms with Crippen molar-refractivity contribution in [2.75, 3.05) is 0 Å². The van der Waals surface area contributed by atoms with Crippen molar-refractivity contribution in [1.82, 2.24) is 5.48 Å². The molecule has 0 bridgehead atoms. The van der Waals surface area contributed by atoms with Gasteiger partial charge in [0.25, 0.3) is 10.1 Å². The fourth-order valence-electron chi connectivity index (χ4n) is 1.62. The van der Waals surface area contributed by atoms with Crippen molar-refractivity contribution in [2.24, 2.45) is 15.9 Å². The van der Waals surface area contributed by atoms with Crippen molar-refractivity contribution < 1.29 is 33.5 Å². The van der Waals surface area contributed by atoms with E-state index in [1.807, 2.05) is 6.92 Å². The number of rotatable bonds is 3. The number of hydrogen-bond donors (Lipinski definition) is 7. The number of hydrogen-bond acceptors (Lipinski definition) is 8. The molecule has 0 fully saturated rings. The molecule has 146 valence electrons. The number of aryl methyl sites for hydroxylation is 1. The van der Waals surface area contributed by atoms with Gasteiger partial charge in [-0.05, 0) is 19.1 Å². The first-order chi connectivity index (χ1) is 12.5. The van der Waals surface area contributed by atoms with E-state index in [-0.39, 0.29) is 33.7 Å². The lowest BCUT2D eigenvalue weighted by Crippen LogP contribution is -2.27. The summed E-state index contributed by atoms with van der Waals surface area (Å²) in [5.41, 5.74) is 7.51. The van der Waals surface area contributed by atoms with Gasteiger partial charge in [0.05, 0.1) is 16.7 Å². The molecule has 0 aromatic heterocycles. The Morgan fingerprint density at radius 3 is 2.07 bits per heavy atom.